The monoisotopic (exact) mass is 423 g/mol. The minimum absolute atomic E-state index is 0.0214. The van der Waals surface area contributed by atoms with Crippen molar-refractivity contribution in [1.82, 2.24) is 20.8 Å². The van der Waals surface area contributed by atoms with E-state index in [4.69, 9.17) is 0 Å². The van der Waals surface area contributed by atoms with Gasteiger partial charge in [-0.3, -0.25) is 0 Å². The van der Waals surface area contributed by atoms with Crippen LogP contribution >= 0.6 is 0 Å². The van der Waals surface area contributed by atoms with Gasteiger partial charge >= 0.3 is 6.18 Å². The predicted molar refractivity (Wildman–Crippen MR) is 106 cm³/mol. The molecule has 0 spiro atoms. The van der Waals surface area contributed by atoms with Crippen molar-refractivity contribution in [2.45, 2.75) is 51.0 Å². The Morgan fingerprint density at radius 2 is 1.93 bits per heavy atom. The van der Waals surface area contributed by atoms with Gasteiger partial charge in [0.15, 0.2) is 0 Å². The summed E-state index contributed by atoms with van der Waals surface area (Å²) >= 11 is 0. The van der Waals surface area contributed by atoms with Crippen LogP contribution in [0.15, 0.2) is 24.3 Å². The maximum atomic E-state index is 13.7. The molecule has 0 bridgehead atoms. The Morgan fingerprint density at radius 1 is 1.13 bits per heavy atom. The van der Waals surface area contributed by atoms with Crippen molar-refractivity contribution < 1.29 is 17.6 Å². The molecule has 2 aliphatic heterocycles. The molecule has 0 unspecified atom stereocenters. The highest BCUT2D eigenvalue weighted by Crippen LogP contribution is 2.35. The lowest BCUT2D eigenvalue weighted by Crippen LogP contribution is -2.39. The summed E-state index contributed by atoms with van der Waals surface area (Å²) < 4.78 is 53.9. The van der Waals surface area contributed by atoms with Crippen LogP contribution in [0, 0.1) is 5.82 Å². The highest BCUT2D eigenvalue weighted by molar-refractivity contribution is 5.54. The summed E-state index contributed by atoms with van der Waals surface area (Å²) in [7, 11) is 0. The van der Waals surface area contributed by atoms with Gasteiger partial charge in [0.25, 0.3) is 0 Å². The van der Waals surface area contributed by atoms with Gasteiger partial charge in [0.1, 0.15) is 5.82 Å². The maximum absolute atomic E-state index is 13.7. The molecule has 0 atom stereocenters. The Labute approximate surface area is 172 Å². The first kappa shape index (κ1) is 21.0. The minimum atomic E-state index is -4.53. The molecule has 9 heteroatoms. The molecular weight excluding hydrogens is 398 g/mol. The maximum Gasteiger partial charge on any atom is 0.416 e. The van der Waals surface area contributed by atoms with Crippen molar-refractivity contribution in [3.05, 3.63) is 52.6 Å². The fraction of sp³-hybridized carbons (Fsp3) is 0.524. The summed E-state index contributed by atoms with van der Waals surface area (Å²) in [5.74, 6) is -0.671. The van der Waals surface area contributed by atoms with Gasteiger partial charge in [-0.05, 0) is 68.6 Å². The lowest BCUT2D eigenvalue weighted by molar-refractivity contribution is -0.138. The van der Waals surface area contributed by atoms with Gasteiger partial charge in [0, 0.05) is 25.7 Å². The van der Waals surface area contributed by atoms with E-state index in [0.29, 0.717) is 19.1 Å². The molecule has 5 nitrogen and oxygen atoms in total. The van der Waals surface area contributed by atoms with E-state index in [9.17, 15) is 17.6 Å². The number of anilines is 1. The fourth-order valence-corrected chi connectivity index (χ4v) is 4.16. The van der Waals surface area contributed by atoms with Gasteiger partial charge < -0.3 is 15.5 Å². The number of aryl methyl sites for hydroxylation is 1. The van der Waals surface area contributed by atoms with Gasteiger partial charge in [-0.25, -0.2) is 4.39 Å². The number of piperidine rings is 1. The lowest BCUT2D eigenvalue weighted by atomic mass is 10.0. The van der Waals surface area contributed by atoms with Crippen molar-refractivity contribution in [1.29, 1.82) is 0 Å². The number of halogens is 4. The molecule has 4 rings (SSSR count). The molecule has 0 radical (unpaired) electrons. The number of benzene rings is 1. The van der Waals surface area contributed by atoms with Crippen molar-refractivity contribution in [2.75, 3.05) is 24.5 Å². The normalized spacial score (nSPS) is 17.8. The van der Waals surface area contributed by atoms with Crippen LogP contribution in [0.5, 0.6) is 0 Å². The Bertz CT molecular complexity index is 880. The van der Waals surface area contributed by atoms with Crippen LogP contribution in [0.25, 0.3) is 0 Å². The van der Waals surface area contributed by atoms with E-state index in [1.807, 2.05) is 11.0 Å². The number of hydrogen-bond acceptors (Lipinski definition) is 5. The molecule has 2 aliphatic rings. The Hall–Kier alpha value is -2.26. The van der Waals surface area contributed by atoms with Crippen LogP contribution in [0.4, 0.5) is 23.2 Å². The standard InChI is InChI=1S/C21H25F4N5/c22-15-3-4-18(21(23,24)25)14(10-15)13-30-9-1-2-19-20(30)11-17(28-29-19)12-27-16-5-7-26-8-6-16/h3-4,10-11,16,26-27H,1-2,5-9,12-13H2. The smallest absolute Gasteiger partial charge is 0.366 e. The van der Waals surface area contributed by atoms with E-state index in [-0.39, 0.29) is 12.1 Å². The third kappa shape index (κ3) is 4.89. The summed E-state index contributed by atoms with van der Waals surface area (Å²) in [6.07, 6.45) is -0.933. The number of nitrogens with one attached hydrogen (secondary N) is 2. The van der Waals surface area contributed by atoms with E-state index < -0.39 is 17.6 Å². The van der Waals surface area contributed by atoms with E-state index in [1.54, 1.807) is 0 Å². The third-order valence-electron chi connectivity index (χ3n) is 5.73. The zero-order valence-corrected chi connectivity index (χ0v) is 16.6. The van der Waals surface area contributed by atoms with Gasteiger partial charge in [0.05, 0.1) is 22.6 Å². The van der Waals surface area contributed by atoms with Crippen LogP contribution in [-0.2, 0) is 25.7 Å². The zero-order chi connectivity index (χ0) is 21.1. The molecule has 1 fully saturated rings. The summed E-state index contributed by atoms with van der Waals surface area (Å²) in [5.41, 5.74) is 1.45. The molecule has 0 saturated carbocycles. The van der Waals surface area contributed by atoms with Crippen LogP contribution in [-0.4, -0.2) is 35.9 Å². The van der Waals surface area contributed by atoms with E-state index in [2.05, 4.69) is 20.8 Å². The molecule has 2 N–H and O–H groups in total. The van der Waals surface area contributed by atoms with Crippen LogP contribution in [0.3, 0.4) is 0 Å². The van der Waals surface area contributed by atoms with Gasteiger partial charge in [-0.1, -0.05) is 0 Å². The molecule has 0 amide bonds. The van der Waals surface area contributed by atoms with Gasteiger partial charge in [-0.15, -0.1) is 0 Å². The number of hydrogen-bond donors (Lipinski definition) is 2. The number of fused-ring (bicyclic) bond motifs is 1. The number of aromatic nitrogens is 2. The third-order valence-corrected chi connectivity index (χ3v) is 5.73. The fourth-order valence-electron chi connectivity index (χ4n) is 4.16. The molecule has 1 saturated heterocycles. The molecule has 1 aromatic carbocycles. The molecule has 2 aromatic rings. The Kier molecular flexibility index (Phi) is 6.19. The molecular formula is C21H25F4N5. The SMILES string of the molecule is Fc1ccc(C(F)(F)F)c(CN2CCCc3nnc(CNC4CCNCC4)cc32)c1. The average Bonchev–Trinajstić information content (AvgIpc) is 2.72. The van der Waals surface area contributed by atoms with E-state index >= 15 is 0 Å². The predicted octanol–water partition coefficient (Wildman–Crippen LogP) is 3.43. The van der Waals surface area contributed by atoms with Crippen LogP contribution < -0.4 is 15.5 Å². The lowest BCUT2D eigenvalue weighted by Gasteiger charge is -2.31. The molecule has 3 heterocycles. The summed E-state index contributed by atoms with van der Waals surface area (Å²) in [4.78, 5) is 1.85. The van der Waals surface area contributed by atoms with Crippen LogP contribution in [0.1, 0.15) is 41.8 Å². The molecule has 1 aromatic heterocycles. The second-order valence-electron chi connectivity index (χ2n) is 7.90. The quantitative estimate of drug-likeness (QED) is 0.722. The first-order chi connectivity index (χ1) is 14.4. The number of nitrogens with zero attached hydrogens (tertiary/aromatic N) is 3. The average molecular weight is 423 g/mol. The summed E-state index contributed by atoms with van der Waals surface area (Å²) in [6.45, 7) is 3.10. The Morgan fingerprint density at radius 3 is 2.70 bits per heavy atom. The van der Waals surface area contributed by atoms with Gasteiger partial charge in [-0.2, -0.15) is 23.4 Å². The topological polar surface area (TPSA) is 53.1 Å². The molecule has 0 aliphatic carbocycles. The summed E-state index contributed by atoms with van der Waals surface area (Å²) in [5, 5.41) is 15.4. The van der Waals surface area contributed by atoms with Crippen molar-refractivity contribution >= 4 is 5.69 Å². The van der Waals surface area contributed by atoms with Crippen molar-refractivity contribution in [2.24, 2.45) is 0 Å². The highest BCUT2D eigenvalue weighted by Gasteiger charge is 2.34. The zero-order valence-electron chi connectivity index (χ0n) is 16.6. The Balaban J connectivity index is 1.54. The van der Waals surface area contributed by atoms with E-state index in [1.165, 1.54) is 0 Å². The van der Waals surface area contributed by atoms with Crippen molar-refractivity contribution in [3.8, 4) is 0 Å². The summed E-state index contributed by atoms with van der Waals surface area (Å²) in [6, 6.07) is 4.97. The van der Waals surface area contributed by atoms with Gasteiger partial charge in [0.2, 0.25) is 0 Å². The van der Waals surface area contributed by atoms with Crippen LogP contribution in [0.2, 0.25) is 0 Å². The van der Waals surface area contributed by atoms with Crippen molar-refractivity contribution in [3.63, 3.8) is 0 Å². The molecule has 30 heavy (non-hydrogen) atoms. The minimum Gasteiger partial charge on any atom is -0.366 e. The number of rotatable bonds is 5. The first-order valence-electron chi connectivity index (χ1n) is 10.3. The second-order valence-corrected chi connectivity index (χ2v) is 7.90. The first-order valence-corrected chi connectivity index (χ1v) is 10.3. The number of alkyl halides is 3. The largest absolute Gasteiger partial charge is 0.416 e. The molecule has 162 valence electrons. The highest BCUT2D eigenvalue weighted by atomic mass is 19.4. The van der Waals surface area contributed by atoms with E-state index in [0.717, 1.165) is 74.0 Å². The second kappa shape index (κ2) is 8.85.